The van der Waals surface area contributed by atoms with E-state index in [9.17, 15) is 9.59 Å². The lowest BCUT2D eigenvalue weighted by Crippen LogP contribution is -2.52. The van der Waals surface area contributed by atoms with Crippen molar-refractivity contribution in [3.63, 3.8) is 0 Å². The Balaban J connectivity index is 1.10. The number of piperidine rings is 1. The van der Waals surface area contributed by atoms with Crippen molar-refractivity contribution < 1.29 is 23.9 Å². The summed E-state index contributed by atoms with van der Waals surface area (Å²) in [6.07, 6.45) is 19.7. The molecular formula is C60H67ClN2O5. The second-order valence-corrected chi connectivity index (χ2v) is 19.3. The van der Waals surface area contributed by atoms with Crippen LogP contribution in [0.4, 0.5) is 4.79 Å². The summed E-state index contributed by atoms with van der Waals surface area (Å²) in [7, 11) is 1.55. The third-order valence-electron chi connectivity index (χ3n) is 14.3. The van der Waals surface area contributed by atoms with Crippen LogP contribution in [-0.4, -0.2) is 60.6 Å². The number of halogens is 1. The Bertz CT molecular complexity index is 2500. The lowest BCUT2D eigenvalue weighted by molar-refractivity contribution is -0.157. The molecule has 0 spiro atoms. The Hall–Kier alpha value is -5.88. The molecule has 5 aromatic rings. The van der Waals surface area contributed by atoms with E-state index >= 15 is 4.79 Å². The van der Waals surface area contributed by atoms with Crippen molar-refractivity contribution in [2.24, 2.45) is 0 Å². The van der Waals surface area contributed by atoms with Gasteiger partial charge in [-0.15, -0.1) is 5.73 Å². The Morgan fingerprint density at radius 2 is 1.21 bits per heavy atom. The van der Waals surface area contributed by atoms with Crippen LogP contribution in [0.5, 0.6) is 0 Å². The highest BCUT2D eigenvalue weighted by molar-refractivity contribution is 6.31. The summed E-state index contributed by atoms with van der Waals surface area (Å²) in [5, 5.41) is 0.424. The van der Waals surface area contributed by atoms with Gasteiger partial charge in [0.15, 0.2) is 5.60 Å². The number of carbonyl (C=O) groups excluding carboxylic acids is 3. The van der Waals surface area contributed by atoms with Gasteiger partial charge < -0.3 is 14.4 Å². The monoisotopic (exact) mass is 930 g/mol. The number of carbonyl (C=O) groups is 3. The quantitative estimate of drug-likeness (QED) is 0.0749. The Morgan fingerprint density at radius 1 is 0.662 bits per heavy atom. The molecule has 0 radical (unpaired) electrons. The molecule has 0 bridgehead atoms. The fraction of sp³-hybridized carbons (Fsp3) is 0.400. The van der Waals surface area contributed by atoms with Crippen LogP contribution in [-0.2, 0) is 24.7 Å². The van der Waals surface area contributed by atoms with Crippen molar-refractivity contribution in [3.8, 4) is 11.1 Å². The maximum atomic E-state index is 15.0. The van der Waals surface area contributed by atoms with Gasteiger partial charge in [0.25, 0.3) is 0 Å². The highest BCUT2D eigenvalue weighted by atomic mass is 35.5. The number of likely N-dealkylation sites (tertiary alicyclic amines) is 1. The molecule has 8 heteroatoms. The second-order valence-electron chi connectivity index (χ2n) is 18.9. The fourth-order valence-corrected chi connectivity index (χ4v) is 10.8. The number of likely N-dealkylation sites (N-methyl/N-ethyl adjacent to an activating group) is 1. The molecule has 1 saturated heterocycles. The average Bonchev–Trinajstić information content (AvgIpc) is 3.70. The number of hydrogen-bond acceptors (Lipinski definition) is 5. The van der Waals surface area contributed by atoms with Crippen LogP contribution in [0, 0.1) is 0 Å². The first kappa shape index (κ1) is 48.6. The Labute approximate surface area is 409 Å². The molecule has 1 heterocycles. The molecule has 1 fully saturated rings. The van der Waals surface area contributed by atoms with E-state index in [2.05, 4.69) is 48.2 Å². The summed E-state index contributed by atoms with van der Waals surface area (Å²) in [5.74, 6) is -1.13. The van der Waals surface area contributed by atoms with E-state index in [0.717, 1.165) is 66.3 Å². The lowest BCUT2D eigenvalue weighted by atomic mass is 9.79. The largest absolute Gasteiger partial charge is 0.448 e. The molecular weight excluding hydrogens is 864 g/mol. The molecule has 68 heavy (non-hydrogen) atoms. The zero-order valence-electron chi connectivity index (χ0n) is 39.8. The highest BCUT2D eigenvalue weighted by Gasteiger charge is 2.44. The number of esters is 1. The van der Waals surface area contributed by atoms with Crippen molar-refractivity contribution in [1.29, 1.82) is 0 Å². The number of rotatable bonds is 11. The topological polar surface area (TPSA) is 76.1 Å². The van der Waals surface area contributed by atoms with Gasteiger partial charge in [0, 0.05) is 53.3 Å². The molecule has 2 aliphatic carbocycles. The van der Waals surface area contributed by atoms with Crippen molar-refractivity contribution in [2.45, 2.75) is 127 Å². The molecule has 1 unspecified atom stereocenters. The molecule has 2 amide bonds. The average molecular weight is 932 g/mol. The van der Waals surface area contributed by atoms with Crippen molar-refractivity contribution in [3.05, 3.63) is 178 Å². The van der Waals surface area contributed by atoms with Gasteiger partial charge >= 0.3 is 12.1 Å². The van der Waals surface area contributed by atoms with Crippen LogP contribution in [0.25, 0.3) is 16.7 Å². The maximum Gasteiger partial charge on any atom is 0.410 e. The van der Waals surface area contributed by atoms with E-state index in [4.69, 9.17) is 21.1 Å². The van der Waals surface area contributed by atoms with Gasteiger partial charge in [-0.05, 0) is 84.9 Å². The normalized spacial score (nSPS) is 17.4. The molecule has 5 aromatic carbocycles. The first-order valence-electron chi connectivity index (χ1n) is 25.3. The predicted molar refractivity (Wildman–Crippen MR) is 273 cm³/mol. The van der Waals surface area contributed by atoms with E-state index < -0.39 is 30.1 Å². The molecule has 0 aromatic heterocycles. The number of ether oxygens (including phenoxy) is 2. The van der Waals surface area contributed by atoms with Gasteiger partial charge in [-0.1, -0.05) is 191 Å². The summed E-state index contributed by atoms with van der Waals surface area (Å²) in [6.45, 7) is 1.18. The van der Waals surface area contributed by atoms with E-state index in [0.29, 0.717) is 34.8 Å². The Kier molecular flexibility index (Phi) is 17.1. The first-order chi connectivity index (χ1) is 33.3. The van der Waals surface area contributed by atoms with E-state index in [1.54, 1.807) is 18.0 Å². The number of allylic oxidation sites excluding steroid dienone is 1. The van der Waals surface area contributed by atoms with Gasteiger partial charge in [0.1, 0.15) is 12.6 Å². The minimum absolute atomic E-state index is 0.0819. The highest BCUT2D eigenvalue weighted by Crippen LogP contribution is 2.46. The third kappa shape index (κ3) is 11.5. The van der Waals surface area contributed by atoms with Gasteiger partial charge in [-0.2, -0.15) is 0 Å². The van der Waals surface area contributed by atoms with Crippen LogP contribution in [0.15, 0.2) is 139 Å². The molecule has 7 nitrogen and oxygen atoms in total. The number of hydrogen-bond donors (Lipinski definition) is 0. The van der Waals surface area contributed by atoms with Crippen molar-refractivity contribution in [2.75, 3.05) is 26.7 Å². The zero-order chi connectivity index (χ0) is 47.1. The Morgan fingerprint density at radius 3 is 1.85 bits per heavy atom. The molecule has 1 aliphatic heterocycles. The first-order valence-corrected chi connectivity index (χ1v) is 25.7. The minimum Gasteiger partial charge on any atom is -0.448 e. The number of amides is 2. The molecule has 0 N–H and O–H groups in total. The number of benzene rings is 5. The van der Waals surface area contributed by atoms with Crippen LogP contribution in [0.3, 0.4) is 0 Å². The SMILES string of the molecule is CN(C(=O)OCC1c2ccccc2-c2ccccc21)[C@@H](CC(=O)OC(c1ccccc1)(c1ccc(C2=C=CCCCCCCCCCCCCC2)cc1)c1ccccc1Cl)C(=O)N1CCCCC1. The van der Waals surface area contributed by atoms with E-state index in [-0.39, 0.29) is 18.4 Å². The van der Waals surface area contributed by atoms with Gasteiger partial charge in [-0.3, -0.25) is 14.5 Å². The number of fused-ring (bicyclic) bond motifs is 3. The zero-order valence-corrected chi connectivity index (χ0v) is 40.6. The summed E-state index contributed by atoms with van der Waals surface area (Å²) in [4.78, 5) is 46.9. The second kappa shape index (κ2) is 23.9. The summed E-state index contributed by atoms with van der Waals surface area (Å²) in [6, 6.07) is 40.6. The molecule has 3 aliphatic rings. The predicted octanol–water partition coefficient (Wildman–Crippen LogP) is 14.5. The van der Waals surface area contributed by atoms with E-state index in [1.165, 1.54) is 74.7 Å². The molecule has 2 atom stereocenters. The van der Waals surface area contributed by atoms with Crippen LogP contribution >= 0.6 is 11.6 Å². The lowest BCUT2D eigenvalue weighted by Gasteiger charge is -2.37. The van der Waals surface area contributed by atoms with E-state index in [1.807, 2.05) is 84.9 Å². The van der Waals surface area contributed by atoms with Crippen molar-refractivity contribution in [1.82, 2.24) is 9.80 Å². The van der Waals surface area contributed by atoms with Gasteiger partial charge in [0.2, 0.25) is 5.91 Å². The number of nitrogens with zero attached hydrogens (tertiary/aromatic N) is 2. The van der Waals surface area contributed by atoms with Gasteiger partial charge in [0.05, 0.1) is 6.42 Å². The smallest absolute Gasteiger partial charge is 0.410 e. The fourth-order valence-electron chi connectivity index (χ4n) is 10.5. The van der Waals surface area contributed by atoms with Crippen LogP contribution < -0.4 is 0 Å². The van der Waals surface area contributed by atoms with Crippen molar-refractivity contribution >= 4 is 35.1 Å². The van der Waals surface area contributed by atoms with Gasteiger partial charge in [-0.25, -0.2) is 4.79 Å². The molecule has 0 saturated carbocycles. The van der Waals surface area contributed by atoms with Crippen LogP contribution in [0.2, 0.25) is 5.02 Å². The molecule has 8 rings (SSSR count). The maximum absolute atomic E-state index is 15.0. The standard InChI is InChI=1S/C60H67ClN2O5/c1-62(59(66)67-44-53-51-33-21-19-31-49(51)50-32-20-22-34-52(50)53)56(58(65)63-41-25-14-26-42-63)43-57(64)68-60(47-29-17-13-18-30-47,54-35-23-24-36-55(54)61)48-39-37-46(38-40-48)45-27-15-11-9-7-5-3-2-4-6-8-10-12-16-28-45/h13,15,17-24,29-40,53,56H,2-12,14,16,25-26,28,41-44H2,1H3/t27?,56-,60?/m0/s1. The third-order valence-corrected chi connectivity index (χ3v) is 14.6. The molecule has 354 valence electrons. The van der Waals surface area contributed by atoms with Crippen LogP contribution in [0.1, 0.15) is 148 Å². The summed E-state index contributed by atoms with van der Waals surface area (Å²) >= 11 is 7.13. The summed E-state index contributed by atoms with van der Waals surface area (Å²) in [5.41, 5.74) is 10.8. The minimum atomic E-state index is -1.51. The summed E-state index contributed by atoms with van der Waals surface area (Å²) < 4.78 is 13.0.